The summed E-state index contributed by atoms with van der Waals surface area (Å²) in [5.74, 6) is -0.0644. The highest BCUT2D eigenvalue weighted by molar-refractivity contribution is 7.52. The van der Waals surface area contributed by atoms with Gasteiger partial charge in [0.2, 0.25) is 5.91 Å². The fourth-order valence-corrected chi connectivity index (χ4v) is 7.02. The zero-order chi connectivity index (χ0) is 38.0. The standard InChI is InChI=1S/C38H39N4O10P/c1-28-25-41(37(45)39-36(28)44)26-35(43)40(27-53(48,49)52-23-21-29-13-17-33(18-14-29)42(46)47)22-24-51-38(30-9-5-3-6-10-30,31-11-7-4-8-12-31)32-15-19-34(50-2)20-16-32/h3-20,25H,21-24,26-27H2,1-2H3,(H,48,49)(H,39,44,45). The molecule has 0 spiro atoms. The van der Waals surface area contributed by atoms with Crippen molar-refractivity contribution in [2.45, 2.75) is 25.5 Å². The Morgan fingerprint density at radius 2 is 1.49 bits per heavy atom. The quantitative estimate of drug-likeness (QED) is 0.0569. The molecular formula is C38H39N4O10P. The summed E-state index contributed by atoms with van der Waals surface area (Å²) in [5.41, 5.74) is 0.466. The number of amides is 1. The zero-order valence-corrected chi connectivity index (χ0v) is 30.0. The number of nitrogens with one attached hydrogen (secondary N) is 1. The number of aryl methyl sites for hydroxylation is 1. The fraction of sp³-hybridized carbons (Fsp3) is 0.237. The van der Waals surface area contributed by atoms with Gasteiger partial charge in [-0.05, 0) is 47.7 Å². The van der Waals surface area contributed by atoms with E-state index >= 15 is 0 Å². The molecule has 2 N–H and O–H groups in total. The summed E-state index contributed by atoms with van der Waals surface area (Å²) in [7, 11) is -2.91. The Hall–Kier alpha value is -5.66. The van der Waals surface area contributed by atoms with Crippen LogP contribution >= 0.6 is 7.60 Å². The molecule has 1 heterocycles. The van der Waals surface area contributed by atoms with Crippen LogP contribution in [-0.2, 0) is 37.2 Å². The van der Waals surface area contributed by atoms with Crippen LogP contribution in [0.2, 0.25) is 0 Å². The Kier molecular flexibility index (Phi) is 12.5. The second-order valence-electron chi connectivity index (χ2n) is 12.1. The maximum absolute atomic E-state index is 13.8. The molecule has 4 aromatic carbocycles. The predicted molar refractivity (Wildman–Crippen MR) is 197 cm³/mol. The third-order valence-electron chi connectivity index (χ3n) is 8.56. The van der Waals surface area contributed by atoms with Gasteiger partial charge >= 0.3 is 13.3 Å². The molecule has 0 fully saturated rings. The van der Waals surface area contributed by atoms with E-state index in [4.69, 9.17) is 14.0 Å². The second-order valence-corrected chi connectivity index (χ2v) is 13.9. The van der Waals surface area contributed by atoms with Crippen LogP contribution in [-0.4, -0.2) is 63.3 Å². The number of nitro groups is 1. The van der Waals surface area contributed by atoms with E-state index in [0.29, 0.717) is 11.3 Å². The van der Waals surface area contributed by atoms with Gasteiger partial charge in [-0.1, -0.05) is 84.9 Å². The summed E-state index contributed by atoms with van der Waals surface area (Å²) >= 11 is 0. The monoisotopic (exact) mass is 742 g/mol. The molecule has 1 atom stereocenters. The molecule has 53 heavy (non-hydrogen) atoms. The summed E-state index contributed by atoms with van der Waals surface area (Å²) in [6, 6.07) is 32.1. The van der Waals surface area contributed by atoms with Crippen LogP contribution in [0.25, 0.3) is 0 Å². The van der Waals surface area contributed by atoms with E-state index in [9.17, 15) is 34.0 Å². The number of carbonyl (C=O) groups excluding carboxylic acids is 1. The first-order valence-corrected chi connectivity index (χ1v) is 18.4. The topological polar surface area (TPSA) is 183 Å². The minimum absolute atomic E-state index is 0.0915. The van der Waals surface area contributed by atoms with E-state index < -0.39 is 48.1 Å². The van der Waals surface area contributed by atoms with Gasteiger partial charge in [0.25, 0.3) is 11.2 Å². The smallest absolute Gasteiger partial charge is 0.347 e. The van der Waals surface area contributed by atoms with Crippen LogP contribution in [0.5, 0.6) is 5.75 Å². The van der Waals surface area contributed by atoms with Crippen LogP contribution in [0.4, 0.5) is 5.69 Å². The van der Waals surface area contributed by atoms with Crippen molar-refractivity contribution in [1.82, 2.24) is 14.5 Å². The molecule has 0 saturated heterocycles. The third kappa shape index (κ3) is 9.62. The van der Waals surface area contributed by atoms with Crippen molar-refractivity contribution < 1.29 is 33.2 Å². The van der Waals surface area contributed by atoms with E-state index in [2.05, 4.69) is 4.98 Å². The van der Waals surface area contributed by atoms with E-state index in [1.165, 1.54) is 37.4 Å². The van der Waals surface area contributed by atoms with Gasteiger partial charge in [-0.25, -0.2) is 4.79 Å². The normalized spacial score (nSPS) is 12.5. The number of aromatic amines is 1. The summed E-state index contributed by atoms with van der Waals surface area (Å²) in [6.07, 6.45) is 0.676. The van der Waals surface area contributed by atoms with Crippen molar-refractivity contribution in [3.63, 3.8) is 0 Å². The number of methoxy groups -OCH3 is 1. The van der Waals surface area contributed by atoms with Gasteiger partial charge in [0.15, 0.2) is 0 Å². The SMILES string of the molecule is COc1ccc(C(OCCN(CP(=O)(O)OCCc2ccc([N+](=O)[O-])cc2)C(=O)Cn2cc(C)c(=O)[nH]c2=O)(c2ccccc2)c2ccccc2)cc1. The van der Waals surface area contributed by atoms with Crippen molar-refractivity contribution >= 4 is 19.2 Å². The maximum atomic E-state index is 13.8. The summed E-state index contributed by atoms with van der Waals surface area (Å²) in [6.45, 7) is 0.399. The van der Waals surface area contributed by atoms with Gasteiger partial charge in [-0.15, -0.1) is 0 Å². The van der Waals surface area contributed by atoms with Crippen molar-refractivity contribution in [1.29, 1.82) is 0 Å². The molecule has 0 radical (unpaired) electrons. The van der Waals surface area contributed by atoms with Gasteiger partial charge in [0.05, 0.1) is 25.2 Å². The first-order chi connectivity index (χ1) is 25.4. The predicted octanol–water partition coefficient (Wildman–Crippen LogP) is 5.00. The molecule has 0 bridgehead atoms. The molecule has 5 rings (SSSR count). The highest BCUT2D eigenvalue weighted by Gasteiger charge is 2.38. The average molecular weight is 743 g/mol. The molecule has 14 nitrogen and oxygen atoms in total. The van der Waals surface area contributed by atoms with Crippen molar-refractivity contribution in [2.24, 2.45) is 0 Å². The number of rotatable bonds is 17. The van der Waals surface area contributed by atoms with Crippen molar-refractivity contribution in [3.8, 4) is 5.75 Å². The highest BCUT2D eigenvalue weighted by atomic mass is 31.2. The number of hydrogen-bond acceptors (Lipinski definition) is 9. The Morgan fingerprint density at radius 3 is 2.06 bits per heavy atom. The molecule has 1 aromatic heterocycles. The van der Waals surface area contributed by atoms with Crippen molar-refractivity contribution in [3.05, 3.63) is 174 Å². The first-order valence-electron chi connectivity index (χ1n) is 16.6. The second kappa shape index (κ2) is 17.2. The number of ether oxygens (including phenoxy) is 2. The van der Waals surface area contributed by atoms with Crippen LogP contribution in [0, 0.1) is 17.0 Å². The molecule has 15 heteroatoms. The molecule has 0 saturated carbocycles. The largest absolute Gasteiger partial charge is 0.497 e. The Labute approximate surface area is 304 Å². The third-order valence-corrected chi connectivity index (χ3v) is 9.85. The lowest BCUT2D eigenvalue weighted by Gasteiger charge is -2.37. The summed E-state index contributed by atoms with van der Waals surface area (Å²) in [4.78, 5) is 63.0. The molecule has 1 unspecified atom stereocenters. The lowest BCUT2D eigenvalue weighted by Crippen LogP contribution is -2.42. The van der Waals surface area contributed by atoms with Gasteiger partial charge in [-0.3, -0.25) is 33.8 Å². The number of aromatic nitrogens is 2. The van der Waals surface area contributed by atoms with Crippen LogP contribution in [0.3, 0.4) is 0 Å². The molecule has 1 amide bonds. The molecule has 0 aliphatic carbocycles. The van der Waals surface area contributed by atoms with Crippen LogP contribution < -0.4 is 16.0 Å². The summed E-state index contributed by atoms with van der Waals surface area (Å²) in [5, 5.41) is 11.0. The Balaban J connectivity index is 1.43. The van der Waals surface area contributed by atoms with Gasteiger partial charge in [-0.2, -0.15) is 0 Å². The Bertz CT molecular complexity index is 2130. The highest BCUT2D eigenvalue weighted by Crippen LogP contribution is 2.44. The molecule has 276 valence electrons. The number of hydrogen-bond donors (Lipinski definition) is 2. The number of nitrogens with zero attached hydrogens (tertiary/aromatic N) is 3. The minimum Gasteiger partial charge on any atom is -0.497 e. The molecule has 5 aromatic rings. The number of H-pyrrole nitrogens is 1. The van der Waals surface area contributed by atoms with Crippen LogP contribution in [0.15, 0.2) is 125 Å². The minimum atomic E-state index is -4.48. The number of non-ortho nitro benzene ring substituents is 1. The van der Waals surface area contributed by atoms with E-state index in [1.54, 1.807) is 7.11 Å². The molecular weight excluding hydrogens is 703 g/mol. The van der Waals surface area contributed by atoms with E-state index in [1.807, 2.05) is 84.9 Å². The fourth-order valence-electron chi connectivity index (χ4n) is 5.83. The van der Waals surface area contributed by atoms with Crippen LogP contribution in [0.1, 0.15) is 27.8 Å². The first kappa shape index (κ1) is 38.6. The van der Waals surface area contributed by atoms with E-state index in [-0.39, 0.29) is 37.4 Å². The Morgan fingerprint density at radius 1 is 0.906 bits per heavy atom. The molecule has 0 aliphatic heterocycles. The van der Waals surface area contributed by atoms with Gasteiger partial charge in [0.1, 0.15) is 24.2 Å². The lowest BCUT2D eigenvalue weighted by atomic mass is 9.80. The molecule has 0 aliphatic rings. The number of benzene rings is 4. The zero-order valence-electron chi connectivity index (χ0n) is 29.1. The number of nitro benzene ring substituents is 1. The summed E-state index contributed by atoms with van der Waals surface area (Å²) < 4.78 is 32.1. The van der Waals surface area contributed by atoms with Gasteiger partial charge in [0, 0.05) is 30.4 Å². The van der Waals surface area contributed by atoms with E-state index in [0.717, 1.165) is 26.2 Å². The number of carbonyl (C=O) groups is 1. The lowest BCUT2D eigenvalue weighted by molar-refractivity contribution is -0.384. The average Bonchev–Trinajstić information content (AvgIpc) is 3.16. The van der Waals surface area contributed by atoms with Gasteiger partial charge < -0.3 is 23.8 Å². The maximum Gasteiger partial charge on any atom is 0.347 e. The van der Waals surface area contributed by atoms with Crippen molar-refractivity contribution in [2.75, 3.05) is 33.2 Å².